The quantitative estimate of drug-likeness (QED) is 0.334. The molecule has 9 heteroatoms. The van der Waals surface area contributed by atoms with E-state index in [4.69, 9.17) is 23.2 Å². The number of pyridine rings is 2. The molecule has 1 aromatic carbocycles. The molecule has 0 unspecified atom stereocenters. The average Bonchev–Trinajstić information content (AvgIpc) is 2.98. The van der Waals surface area contributed by atoms with Gasteiger partial charge in [0.1, 0.15) is 0 Å². The van der Waals surface area contributed by atoms with Crippen molar-refractivity contribution in [3.8, 4) is 0 Å². The fourth-order valence-electron chi connectivity index (χ4n) is 5.53. The van der Waals surface area contributed by atoms with Gasteiger partial charge in [0.15, 0.2) is 18.6 Å². The molecule has 0 spiro atoms. The third-order valence-electron chi connectivity index (χ3n) is 7.16. The predicted molar refractivity (Wildman–Crippen MR) is 137 cm³/mol. The van der Waals surface area contributed by atoms with E-state index >= 15 is 0 Å². The van der Waals surface area contributed by atoms with E-state index in [0.717, 1.165) is 62.8 Å². The number of benzene rings is 1. The Labute approximate surface area is 222 Å². The maximum absolute atomic E-state index is 13.2. The zero-order valence-electron chi connectivity index (χ0n) is 18.9. The summed E-state index contributed by atoms with van der Waals surface area (Å²) in [5, 5.41) is 25.7. The van der Waals surface area contributed by atoms with Gasteiger partial charge in [0.05, 0.1) is 16.8 Å². The molecule has 1 aliphatic carbocycles. The smallest absolute Gasteiger partial charge is 0.226 e. The molecule has 1 amide bonds. The summed E-state index contributed by atoms with van der Waals surface area (Å²) in [6.07, 6.45) is 7.65. The Morgan fingerprint density at radius 2 is 1.74 bits per heavy atom. The number of fused-ring (bicyclic) bond motifs is 2. The SMILES string of the molecule is O=C(Cc1cc[n+]([O-])cc1)N1CCC([C@@H]2c3c(Cl)cc(Cl)cc3CCc3cc(Br)c[n+]([O-])c32)CC1. The van der Waals surface area contributed by atoms with Crippen LogP contribution in [-0.4, -0.2) is 23.9 Å². The van der Waals surface area contributed by atoms with Crippen LogP contribution in [0.4, 0.5) is 0 Å². The number of amides is 1. The second kappa shape index (κ2) is 9.96. The van der Waals surface area contributed by atoms with Gasteiger partial charge in [-0.05, 0) is 82.4 Å². The van der Waals surface area contributed by atoms with Crippen LogP contribution < -0.4 is 9.46 Å². The average molecular weight is 577 g/mol. The number of hydrogen-bond donors (Lipinski definition) is 0. The van der Waals surface area contributed by atoms with Crippen molar-refractivity contribution in [2.24, 2.45) is 5.92 Å². The van der Waals surface area contributed by atoms with Gasteiger partial charge in [0.25, 0.3) is 0 Å². The Bertz CT molecular complexity index is 1220. The van der Waals surface area contributed by atoms with Crippen molar-refractivity contribution in [3.05, 3.63) is 102 Å². The van der Waals surface area contributed by atoms with Crippen molar-refractivity contribution >= 4 is 45.0 Å². The number of carbonyl (C=O) groups is 1. The molecule has 1 fully saturated rings. The van der Waals surface area contributed by atoms with Crippen LogP contribution in [0, 0.1) is 16.3 Å². The number of aromatic nitrogens is 2. The normalized spacial score (nSPS) is 18.0. The molecule has 1 atom stereocenters. The summed E-state index contributed by atoms with van der Waals surface area (Å²) >= 11 is 16.6. The van der Waals surface area contributed by atoms with Crippen LogP contribution in [0.3, 0.4) is 0 Å². The largest absolute Gasteiger partial charge is 0.619 e. The van der Waals surface area contributed by atoms with Crippen LogP contribution in [0.5, 0.6) is 0 Å². The molecule has 3 aromatic rings. The molecule has 182 valence electrons. The highest BCUT2D eigenvalue weighted by Gasteiger charge is 2.40. The molecular weight excluding hydrogens is 553 g/mol. The standard InChI is InChI=1S/C26H24BrCl2N3O3/c27-20-12-19-2-1-18-13-21(28)14-22(29)24(18)25(26(19)32(35)15-20)17-5-7-30(8-6-17)23(33)11-16-3-9-31(34)10-4-16/h3-4,9-10,12-15,17,25H,1-2,5-8,11H2/t25-/m1/s1. The van der Waals surface area contributed by atoms with Crippen LogP contribution in [0.25, 0.3) is 0 Å². The maximum atomic E-state index is 13.2. The zero-order valence-corrected chi connectivity index (χ0v) is 22.0. The topological polar surface area (TPSA) is 74.2 Å². The number of aryl methyl sites for hydroxylation is 2. The summed E-state index contributed by atoms with van der Waals surface area (Å²) in [5.41, 5.74) is 4.65. The molecule has 2 aliphatic rings. The van der Waals surface area contributed by atoms with Crippen LogP contribution in [0.1, 0.15) is 46.7 Å². The van der Waals surface area contributed by atoms with Crippen LogP contribution in [-0.2, 0) is 24.1 Å². The molecular formula is C26H24BrCl2N3O3. The first-order valence-corrected chi connectivity index (χ1v) is 13.2. The highest BCUT2D eigenvalue weighted by atomic mass is 79.9. The summed E-state index contributed by atoms with van der Waals surface area (Å²) in [4.78, 5) is 14.8. The van der Waals surface area contributed by atoms with Crippen molar-refractivity contribution in [2.45, 2.75) is 38.0 Å². The summed E-state index contributed by atoms with van der Waals surface area (Å²) in [7, 11) is 0. The third kappa shape index (κ3) is 4.99. The Kier molecular flexibility index (Phi) is 6.93. The Morgan fingerprint density at radius 1 is 1.06 bits per heavy atom. The van der Waals surface area contributed by atoms with Crippen LogP contribution in [0.15, 0.2) is 53.4 Å². The highest BCUT2D eigenvalue weighted by molar-refractivity contribution is 9.10. The molecule has 3 heterocycles. The van der Waals surface area contributed by atoms with E-state index in [0.29, 0.717) is 27.9 Å². The minimum absolute atomic E-state index is 0.0430. The predicted octanol–water partition coefficient (Wildman–Crippen LogP) is 4.73. The molecule has 1 aliphatic heterocycles. The van der Waals surface area contributed by atoms with Crippen molar-refractivity contribution in [3.63, 3.8) is 0 Å². The van der Waals surface area contributed by atoms with Gasteiger partial charge >= 0.3 is 0 Å². The summed E-state index contributed by atoms with van der Waals surface area (Å²) in [5.74, 6) is 0.0315. The molecule has 35 heavy (non-hydrogen) atoms. The maximum Gasteiger partial charge on any atom is 0.226 e. The van der Waals surface area contributed by atoms with E-state index in [1.807, 2.05) is 17.0 Å². The molecule has 2 aromatic heterocycles. The summed E-state index contributed by atoms with van der Waals surface area (Å²) < 4.78 is 2.45. The van der Waals surface area contributed by atoms with Crippen molar-refractivity contribution in [2.75, 3.05) is 13.1 Å². The molecule has 5 rings (SSSR count). The monoisotopic (exact) mass is 575 g/mol. The van der Waals surface area contributed by atoms with E-state index in [-0.39, 0.29) is 24.2 Å². The number of rotatable bonds is 3. The Hall–Kier alpha value is -2.35. The van der Waals surface area contributed by atoms with Gasteiger partial charge < -0.3 is 15.3 Å². The zero-order chi connectivity index (χ0) is 24.7. The van der Waals surface area contributed by atoms with Gasteiger partial charge in [0.2, 0.25) is 11.6 Å². The van der Waals surface area contributed by atoms with E-state index < -0.39 is 0 Å². The lowest BCUT2D eigenvalue weighted by molar-refractivity contribution is -0.616. The molecule has 1 saturated heterocycles. The van der Waals surface area contributed by atoms with E-state index in [2.05, 4.69) is 15.9 Å². The molecule has 0 radical (unpaired) electrons. The first kappa shape index (κ1) is 24.3. The van der Waals surface area contributed by atoms with Gasteiger partial charge in [-0.15, -0.1) is 0 Å². The van der Waals surface area contributed by atoms with Crippen molar-refractivity contribution < 1.29 is 14.3 Å². The number of hydrogen-bond acceptors (Lipinski definition) is 3. The van der Waals surface area contributed by atoms with Gasteiger partial charge in [0, 0.05) is 40.8 Å². The Morgan fingerprint density at radius 3 is 2.46 bits per heavy atom. The molecule has 6 nitrogen and oxygen atoms in total. The molecule has 0 saturated carbocycles. The lowest BCUT2D eigenvalue weighted by Crippen LogP contribution is -2.43. The fourth-order valence-corrected chi connectivity index (χ4v) is 6.64. The van der Waals surface area contributed by atoms with Crippen LogP contribution >= 0.6 is 39.1 Å². The number of nitrogens with zero attached hydrogens (tertiary/aromatic N) is 3. The number of likely N-dealkylation sites (tertiary alicyclic amines) is 1. The van der Waals surface area contributed by atoms with Gasteiger partial charge in [-0.3, -0.25) is 4.79 Å². The lowest BCUT2D eigenvalue weighted by atomic mass is 9.76. The van der Waals surface area contributed by atoms with Crippen LogP contribution in [0.2, 0.25) is 10.0 Å². The van der Waals surface area contributed by atoms with Crippen molar-refractivity contribution in [1.29, 1.82) is 0 Å². The molecule has 0 bridgehead atoms. The third-order valence-corrected chi connectivity index (χ3v) is 8.12. The number of halogens is 3. The summed E-state index contributed by atoms with van der Waals surface area (Å²) in [6, 6.07) is 9.11. The van der Waals surface area contributed by atoms with Crippen molar-refractivity contribution in [1.82, 2.24) is 4.90 Å². The highest BCUT2D eigenvalue weighted by Crippen LogP contribution is 2.45. The van der Waals surface area contributed by atoms with E-state index in [1.165, 1.54) is 12.4 Å². The molecule has 0 N–H and O–H groups in total. The van der Waals surface area contributed by atoms with Gasteiger partial charge in [-0.25, -0.2) is 0 Å². The van der Waals surface area contributed by atoms with E-state index in [9.17, 15) is 15.2 Å². The van der Waals surface area contributed by atoms with Gasteiger partial charge in [-0.1, -0.05) is 23.2 Å². The minimum atomic E-state index is -0.170. The fraction of sp³-hybridized carbons (Fsp3) is 0.346. The van der Waals surface area contributed by atoms with Gasteiger partial charge in [-0.2, -0.15) is 9.46 Å². The van der Waals surface area contributed by atoms with E-state index in [1.54, 1.807) is 24.4 Å². The first-order chi connectivity index (χ1) is 16.8. The summed E-state index contributed by atoms with van der Waals surface area (Å²) in [6.45, 7) is 1.22. The lowest BCUT2D eigenvalue weighted by Gasteiger charge is -2.36. The first-order valence-electron chi connectivity index (χ1n) is 11.6. The number of carbonyl (C=O) groups excluding carboxylic acids is 1. The Balaban J connectivity index is 1.43. The minimum Gasteiger partial charge on any atom is -0.619 e. The number of piperidine rings is 1. The second-order valence-electron chi connectivity index (χ2n) is 9.29. The second-order valence-corrected chi connectivity index (χ2v) is 11.1.